The minimum Gasteiger partial charge on any atom is -0.383 e. The third-order valence-electron chi connectivity index (χ3n) is 4.22. The molecule has 0 bridgehead atoms. The van der Waals surface area contributed by atoms with E-state index in [1.54, 1.807) is 30.3 Å². The van der Waals surface area contributed by atoms with Crippen LogP contribution < -0.4 is 21.9 Å². The molecule has 0 unspecified atom stereocenters. The Kier molecular flexibility index (Phi) is 7.63. The maximum absolute atomic E-state index is 12.8. The number of halogens is 1. The van der Waals surface area contributed by atoms with Crippen molar-refractivity contribution in [3.63, 3.8) is 0 Å². The number of hydrogen-bond donors (Lipinski definition) is 2. The van der Waals surface area contributed by atoms with Crippen molar-refractivity contribution < 1.29 is 4.79 Å². The number of anilines is 2. The quantitative estimate of drug-likeness (QED) is 0.660. The molecular weight excluding hydrogens is 380 g/mol. The van der Waals surface area contributed by atoms with Gasteiger partial charge in [0.1, 0.15) is 5.82 Å². The van der Waals surface area contributed by atoms with E-state index in [1.807, 2.05) is 13.8 Å². The largest absolute Gasteiger partial charge is 0.383 e. The molecule has 28 heavy (non-hydrogen) atoms. The monoisotopic (exact) mass is 404 g/mol. The molecule has 0 aliphatic heterocycles. The Labute approximate surface area is 168 Å². The van der Waals surface area contributed by atoms with E-state index in [0.29, 0.717) is 24.5 Å². The fourth-order valence-corrected chi connectivity index (χ4v) is 2.89. The number of nitrogens with two attached hydrogens (primary N) is 1. The number of carbonyl (C=O) groups is 1. The number of nitrogens with zero attached hydrogens (tertiary/aromatic N) is 2. The highest BCUT2D eigenvalue weighted by Gasteiger charge is 2.22. The second-order valence-corrected chi connectivity index (χ2v) is 6.81. The van der Waals surface area contributed by atoms with Crippen molar-refractivity contribution in [3.05, 3.63) is 61.8 Å². The topological polar surface area (TPSA) is 101 Å². The number of aromatic amines is 1. The van der Waals surface area contributed by atoms with Crippen molar-refractivity contribution in [2.45, 2.75) is 39.7 Å². The number of amides is 1. The van der Waals surface area contributed by atoms with Crippen LogP contribution in [0.5, 0.6) is 0 Å². The number of nitrogen functional groups attached to an aromatic ring is 1. The molecule has 150 valence electrons. The van der Waals surface area contributed by atoms with Gasteiger partial charge in [-0.15, -0.1) is 0 Å². The van der Waals surface area contributed by atoms with Crippen LogP contribution in [0.25, 0.3) is 6.08 Å². The highest BCUT2D eigenvalue weighted by molar-refractivity contribution is 6.30. The smallest absolute Gasteiger partial charge is 0.330 e. The van der Waals surface area contributed by atoms with E-state index in [4.69, 9.17) is 17.3 Å². The first-order chi connectivity index (χ1) is 13.4. The zero-order chi connectivity index (χ0) is 20.7. The number of hydrogen-bond acceptors (Lipinski definition) is 4. The fraction of sp³-hybridized carbons (Fsp3) is 0.350. The summed E-state index contributed by atoms with van der Waals surface area (Å²) in [5, 5.41) is 0.602. The Morgan fingerprint density at radius 2 is 1.89 bits per heavy atom. The van der Waals surface area contributed by atoms with Gasteiger partial charge in [-0.2, -0.15) is 0 Å². The zero-order valence-corrected chi connectivity index (χ0v) is 16.8. The van der Waals surface area contributed by atoms with Crippen LogP contribution in [0.3, 0.4) is 0 Å². The summed E-state index contributed by atoms with van der Waals surface area (Å²) in [6.07, 6.45) is 5.22. The first kappa shape index (κ1) is 21.5. The summed E-state index contributed by atoms with van der Waals surface area (Å²) >= 11 is 5.87. The maximum Gasteiger partial charge on any atom is 0.330 e. The molecule has 0 atom stereocenters. The standard InChI is InChI=1S/C20H25ClN4O3/c1-3-5-13-25-18(22)17(19(27)23-20(25)28)24(12-4-2)16(26)11-8-14-6-9-15(21)10-7-14/h6-11H,3-5,12-13,22H2,1-2H3,(H,23,27,28). The second-order valence-electron chi connectivity index (χ2n) is 6.37. The van der Waals surface area contributed by atoms with E-state index in [2.05, 4.69) is 4.98 Å². The van der Waals surface area contributed by atoms with E-state index in [0.717, 1.165) is 18.4 Å². The molecule has 0 spiro atoms. The van der Waals surface area contributed by atoms with Gasteiger partial charge in [0.2, 0.25) is 0 Å². The third kappa shape index (κ3) is 5.13. The molecule has 1 aromatic heterocycles. The van der Waals surface area contributed by atoms with Crippen molar-refractivity contribution in [2.24, 2.45) is 0 Å². The normalized spacial score (nSPS) is 11.1. The molecule has 0 saturated carbocycles. The van der Waals surface area contributed by atoms with Gasteiger partial charge in [0.15, 0.2) is 5.69 Å². The molecule has 0 fully saturated rings. The summed E-state index contributed by atoms with van der Waals surface area (Å²) in [6, 6.07) is 7.01. The molecule has 0 aliphatic carbocycles. The van der Waals surface area contributed by atoms with Crippen LogP contribution in [0.2, 0.25) is 5.02 Å². The van der Waals surface area contributed by atoms with Crippen molar-refractivity contribution >= 4 is 35.1 Å². The van der Waals surface area contributed by atoms with Crippen LogP contribution in [0.1, 0.15) is 38.7 Å². The van der Waals surface area contributed by atoms with Crippen LogP contribution in [-0.4, -0.2) is 22.0 Å². The lowest BCUT2D eigenvalue weighted by Crippen LogP contribution is -2.41. The van der Waals surface area contributed by atoms with Gasteiger partial charge in [0, 0.05) is 24.2 Å². The van der Waals surface area contributed by atoms with Gasteiger partial charge >= 0.3 is 5.69 Å². The molecule has 0 aliphatic rings. The molecule has 2 rings (SSSR count). The van der Waals surface area contributed by atoms with Gasteiger partial charge in [-0.3, -0.25) is 19.1 Å². The molecule has 1 amide bonds. The lowest BCUT2D eigenvalue weighted by molar-refractivity contribution is -0.114. The second kappa shape index (κ2) is 9.94. The molecule has 3 N–H and O–H groups in total. The molecule has 0 saturated heterocycles. The Morgan fingerprint density at radius 1 is 1.21 bits per heavy atom. The molecule has 0 radical (unpaired) electrons. The number of unbranched alkanes of at least 4 members (excludes halogenated alkanes) is 1. The molecule has 2 aromatic rings. The summed E-state index contributed by atoms with van der Waals surface area (Å²) < 4.78 is 1.30. The lowest BCUT2D eigenvalue weighted by atomic mass is 10.2. The summed E-state index contributed by atoms with van der Waals surface area (Å²) in [6.45, 7) is 4.55. The van der Waals surface area contributed by atoms with Crippen LogP contribution in [0.15, 0.2) is 39.9 Å². The summed E-state index contributed by atoms with van der Waals surface area (Å²) in [5.41, 5.74) is 5.69. The van der Waals surface area contributed by atoms with Gasteiger partial charge in [-0.1, -0.05) is 44.0 Å². The number of benzene rings is 1. The van der Waals surface area contributed by atoms with Gasteiger partial charge in [-0.25, -0.2) is 4.79 Å². The van der Waals surface area contributed by atoms with Crippen LogP contribution >= 0.6 is 11.6 Å². The van der Waals surface area contributed by atoms with Crippen molar-refractivity contribution in [3.8, 4) is 0 Å². The number of nitrogens with one attached hydrogen (secondary N) is 1. The maximum atomic E-state index is 12.8. The van der Waals surface area contributed by atoms with E-state index >= 15 is 0 Å². The van der Waals surface area contributed by atoms with Crippen LogP contribution in [-0.2, 0) is 11.3 Å². The Balaban J connectivity index is 2.42. The van der Waals surface area contributed by atoms with Crippen molar-refractivity contribution in [1.29, 1.82) is 0 Å². The van der Waals surface area contributed by atoms with E-state index in [9.17, 15) is 14.4 Å². The number of H-pyrrole nitrogens is 1. The Hall–Kier alpha value is -2.80. The molecular formula is C20H25ClN4O3. The predicted octanol–water partition coefficient (Wildman–Crippen LogP) is 3.03. The van der Waals surface area contributed by atoms with E-state index in [-0.39, 0.29) is 11.5 Å². The number of aromatic nitrogens is 2. The molecule has 7 nitrogen and oxygen atoms in total. The van der Waals surface area contributed by atoms with Gasteiger partial charge in [0.25, 0.3) is 11.5 Å². The van der Waals surface area contributed by atoms with Gasteiger partial charge in [0.05, 0.1) is 0 Å². The summed E-state index contributed by atoms with van der Waals surface area (Å²) in [4.78, 5) is 40.9. The average molecular weight is 405 g/mol. The minimum absolute atomic E-state index is 0.00306. The Bertz CT molecular complexity index is 961. The SMILES string of the molecule is CCCCn1c(N)c(N(CCC)C(=O)C=Cc2ccc(Cl)cc2)c(=O)[nH]c1=O. The van der Waals surface area contributed by atoms with E-state index in [1.165, 1.54) is 15.5 Å². The number of carbonyl (C=O) groups excluding carboxylic acids is 1. The lowest BCUT2D eigenvalue weighted by Gasteiger charge is -2.23. The number of rotatable bonds is 8. The predicted molar refractivity (Wildman–Crippen MR) is 114 cm³/mol. The molecule has 8 heteroatoms. The van der Waals surface area contributed by atoms with Crippen molar-refractivity contribution in [1.82, 2.24) is 9.55 Å². The van der Waals surface area contributed by atoms with E-state index < -0.39 is 17.2 Å². The van der Waals surface area contributed by atoms with Crippen LogP contribution in [0, 0.1) is 0 Å². The highest BCUT2D eigenvalue weighted by atomic mass is 35.5. The minimum atomic E-state index is -0.669. The first-order valence-corrected chi connectivity index (χ1v) is 9.64. The fourth-order valence-electron chi connectivity index (χ4n) is 2.76. The summed E-state index contributed by atoms with van der Waals surface area (Å²) in [5.74, 6) is -0.390. The first-order valence-electron chi connectivity index (χ1n) is 9.26. The van der Waals surface area contributed by atoms with Gasteiger partial charge < -0.3 is 10.6 Å². The van der Waals surface area contributed by atoms with Gasteiger partial charge in [-0.05, 0) is 36.6 Å². The third-order valence-corrected chi connectivity index (χ3v) is 4.47. The zero-order valence-electron chi connectivity index (χ0n) is 16.1. The Morgan fingerprint density at radius 3 is 2.50 bits per heavy atom. The summed E-state index contributed by atoms with van der Waals surface area (Å²) in [7, 11) is 0. The van der Waals surface area contributed by atoms with Crippen molar-refractivity contribution in [2.75, 3.05) is 17.2 Å². The molecule has 1 heterocycles. The van der Waals surface area contributed by atoms with Crippen LogP contribution in [0.4, 0.5) is 11.5 Å². The highest BCUT2D eigenvalue weighted by Crippen LogP contribution is 2.19. The molecule has 1 aromatic carbocycles. The average Bonchev–Trinajstić information content (AvgIpc) is 2.66.